The number of anilines is 2. The topological polar surface area (TPSA) is 121 Å². The molecule has 0 saturated carbocycles. The van der Waals surface area contributed by atoms with Crippen LogP contribution in [0.1, 0.15) is 21.5 Å². The van der Waals surface area contributed by atoms with Crippen LogP contribution in [0.15, 0.2) is 72.9 Å². The molecule has 40 heavy (non-hydrogen) atoms. The number of nitrogens with one attached hydrogen (secondary N) is 3. The molecule has 0 unspecified atom stereocenters. The fourth-order valence-electron chi connectivity index (χ4n) is 6.69. The van der Waals surface area contributed by atoms with Crippen molar-refractivity contribution in [3.8, 4) is 0 Å². The highest BCUT2D eigenvalue weighted by atomic mass is 35.5. The Balaban J connectivity index is 1.40. The minimum atomic E-state index is -1.52. The minimum absolute atomic E-state index is 0.0844. The van der Waals surface area contributed by atoms with E-state index in [0.29, 0.717) is 22.7 Å². The summed E-state index contributed by atoms with van der Waals surface area (Å²) in [5, 5.41) is 7.62. The highest BCUT2D eigenvalue weighted by Crippen LogP contribution is 2.55. The third-order valence-corrected chi connectivity index (χ3v) is 8.68. The van der Waals surface area contributed by atoms with E-state index in [4.69, 9.17) is 16.3 Å². The third kappa shape index (κ3) is 3.19. The summed E-state index contributed by atoms with van der Waals surface area (Å²) in [6, 6.07) is 18.7. The molecule has 1 aromatic heterocycles. The van der Waals surface area contributed by atoms with Crippen LogP contribution in [0.5, 0.6) is 0 Å². The second-order valence-corrected chi connectivity index (χ2v) is 10.7. The molecule has 3 aliphatic rings. The van der Waals surface area contributed by atoms with E-state index in [0.717, 1.165) is 21.4 Å². The normalized spacial score (nSPS) is 25.0. The van der Waals surface area contributed by atoms with Crippen LogP contribution in [0.4, 0.5) is 11.4 Å². The molecule has 2 saturated heterocycles. The largest absolute Gasteiger partial charge is 0.465 e. The maximum Gasteiger partial charge on any atom is 0.339 e. The summed E-state index contributed by atoms with van der Waals surface area (Å²) < 4.78 is 4.92. The van der Waals surface area contributed by atoms with E-state index < -0.39 is 47.1 Å². The van der Waals surface area contributed by atoms with E-state index in [2.05, 4.69) is 15.6 Å². The maximum atomic E-state index is 14.3. The van der Waals surface area contributed by atoms with Gasteiger partial charge in [-0.15, -0.1) is 0 Å². The Hall–Kier alpha value is -4.47. The molecule has 3 amide bonds. The van der Waals surface area contributed by atoms with Crippen LogP contribution < -0.4 is 15.5 Å². The van der Waals surface area contributed by atoms with Crippen molar-refractivity contribution in [1.29, 1.82) is 0 Å². The number of benzene rings is 3. The summed E-state index contributed by atoms with van der Waals surface area (Å²) in [5.74, 6) is -4.13. The SMILES string of the molecule is COC(=O)c1ccccc1N1C(=O)[C@H]2[C@@H](C1=O)[C@]1(N[C@@H]2Cc2c[nH]c3ccccc23)C(=O)Nc2c(Cl)cccc21. The average molecular weight is 555 g/mol. The molecule has 0 radical (unpaired) electrons. The summed E-state index contributed by atoms with van der Waals surface area (Å²) in [5.41, 5.74) is 1.52. The number of carbonyl (C=O) groups excluding carboxylic acids is 4. The second kappa shape index (κ2) is 8.77. The summed E-state index contributed by atoms with van der Waals surface area (Å²) in [6.45, 7) is 0. The van der Waals surface area contributed by atoms with E-state index in [1.807, 2.05) is 30.5 Å². The standard InChI is InChI=1S/C30H23ClN4O5/c1-40-28(38)17-8-3-5-12-22(17)35-26(36)23-21(13-15-14-32-20-11-4-2-7-16(15)20)34-30(24(23)27(35)37)18-9-6-10-19(31)25(18)33-29(30)39/h2-12,14,21,23-24,32,34H,13H2,1H3,(H,33,39)/t21-,23-,24+,30+/m1/s1. The summed E-state index contributed by atoms with van der Waals surface area (Å²) in [4.78, 5) is 59.3. The van der Waals surface area contributed by atoms with Crippen LogP contribution in [-0.2, 0) is 31.1 Å². The van der Waals surface area contributed by atoms with Crippen LogP contribution in [0.3, 0.4) is 0 Å². The Morgan fingerprint density at radius 3 is 2.60 bits per heavy atom. The maximum absolute atomic E-state index is 14.3. The van der Waals surface area contributed by atoms with Crippen LogP contribution >= 0.6 is 11.6 Å². The van der Waals surface area contributed by atoms with Crippen molar-refractivity contribution in [2.75, 3.05) is 17.3 Å². The smallest absolute Gasteiger partial charge is 0.339 e. The monoisotopic (exact) mass is 554 g/mol. The highest BCUT2D eigenvalue weighted by Gasteiger charge is 2.71. The summed E-state index contributed by atoms with van der Waals surface area (Å²) in [7, 11) is 1.24. The minimum Gasteiger partial charge on any atom is -0.465 e. The van der Waals surface area contributed by atoms with Gasteiger partial charge < -0.3 is 15.0 Å². The number of imide groups is 1. The van der Waals surface area contributed by atoms with Crippen molar-refractivity contribution < 1.29 is 23.9 Å². The molecule has 200 valence electrons. The van der Waals surface area contributed by atoms with Gasteiger partial charge in [-0.2, -0.15) is 0 Å². The first-order valence-corrected chi connectivity index (χ1v) is 13.2. The molecule has 4 heterocycles. The molecular weight excluding hydrogens is 532 g/mol. The van der Waals surface area contributed by atoms with Crippen molar-refractivity contribution in [2.45, 2.75) is 18.0 Å². The number of aromatic amines is 1. The Bertz CT molecular complexity index is 1770. The highest BCUT2D eigenvalue weighted by molar-refractivity contribution is 6.35. The predicted octanol–water partition coefficient (Wildman–Crippen LogP) is 3.78. The molecular formula is C30H23ClN4O5. The first-order valence-electron chi connectivity index (χ1n) is 12.8. The lowest BCUT2D eigenvalue weighted by Crippen LogP contribution is -2.53. The van der Waals surface area contributed by atoms with Crippen molar-refractivity contribution in [3.63, 3.8) is 0 Å². The first kappa shape index (κ1) is 24.6. The van der Waals surface area contributed by atoms with Crippen LogP contribution in [0.2, 0.25) is 5.02 Å². The molecule has 10 heteroatoms. The Morgan fingerprint density at radius 2 is 1.77 bits per heavy atom. The van der Waals surface area contributed by atoms with E-state index in [-0.39, 0.29) is 11.3 Å². The predicted molar refractivity (Wildman–Crippen MR) is 148 cm³/mol. The van der Waals surface area contributed by atoms with Crippen molar-refractivity contribution in [2.24, 2.45) is 11.8 Å². The van der Waals surface area contributed by atoms with E-state index >= 15 is 0 Å². The average Bonchev–Trinajstić information content (AvgIpc) is 3.68. The van der Waals surface area contributed by atoms with Crippen molar-refractivity contribution in [3.05, 3.63) is 94.6 Å². The molecule has 3 aliphatic heterocycles. The molecule has 4 aromatic rings. The number of aromatic nitrogens is 1. The number of para-hydroxylation sites is 3. The molecule has 3 aromatic carbocycles. The number of halogens is 1. The lowest BCUT2D eigenvalue weighted by Gasteiger charge is -2.30. The van der Waals surface area contributed by atoms with Gasteiger partial charge in [0.1, 0.15) is 5.54 Å². The Morgan fingerprint density at radius 1 is 1.00 bits per heavy atom. The number of hydrogen-bond acceptors (Lipinski definition) is 6. The number of amides is 3. The van der Waals surface area contributed by atoms with Gasteiger partial charge in [-0.1, -0.05) is 54.1 Å². The van der Waals surface area contributed by atoms with Gasteiger partial charge in [-0.25, -0.2) is 9.69 Å². The van der Waals surface area contributed by atoms with Crippen LogP contribution in [0.25, 0.3) is 10.9 Å². The van der Waals surface area contributed by atoms with Gasteiger partial charge in [0.25, 0.3) is 0 Å². The van der Waals surface area contributed by atoms with Gasteiger partial charge in [0.15, 0.2) is 0 Å². The molecule has 0 bridgehead atoms. The van der Waals surface area contributed by atoms with Crippen LogP contribution in [-0.4, -0.2) is 41.8 Å². The lowest BCUT2D eigenvalue weighted by molar-refractivity contribution is -0.130. The number of esters is 1. The van der Waals surface area contributed by atoms with Crippen molar-refractivity contribution in [1.82, 2.24) is 10.3 Å². The fourth-order valence-corrected chi connectivity index (χ4v) is 6.92. The quantitative estimate of drug-likeness (QED) is 0.261. The zero-order chi connectivity index (χ0) is 27.8. The number of hydrogen-bond donors (Lipinski definition) is 3. The summed E-state index contributed by atoms with van der Waals surface area (Å²) in [6.07, 6.45) is 2.26. The summed E-state index contributed by atoms with van der Waals surface area (Å²) >= 11 is 6.46. The van der Waals surface area contributed by atoms with Gasteiger partial charge in [0.05, 0.1) is 40.9 Å². The number of methoxy groups -OCH3 is 1. The number of rotatable bonds is 4. The van der Waals surface area contributed by atoms with Crippen LogP contribution in [0, 0.1) is 11.8 Å². The zero-order valence-corrected chi connectivity index (χ0v) is 22.0. The molecule has 2 fully saturated rings. The second-order valence-electron chi connectivity index (χ2n) is 10.3. The number of H-pyrrole nitrogens is 1. The lowest BCUT2D eigenvalue weighted by atomic mass is 9.76. The van der Waals surface area contributed by atoms with Crippen molar-refractivity contribution >= 4 is 57.6 Å². The Kier molecular flexibility index (Phi) is 5.39. The van der Waals surface area contributed by atoms with E-state index in [1.165, 1.54) is 19.2 Å². The number of carbonyl (C=O) groups is 4. The first-order chi connectivity index (χ1) is 19.4. The van der Waals surface area contributed by atoms with Gasteiger partial charge in [0.2, 0.25) is 17.7 Å². The molecule has 3 N–H and O–H groups in total. The van der Waals surface area contributed by atoms with Gasteiger partial charge in [-0.05, 0) is 36.2 Å². The molecule has 1 spiro atoms. The van der Waals surface area contributed by atoms with Gasteiger partial charge in [0, 0.05) is 28.7 Å². The molecule has 4 atom stereocenters. The fraction of sp³-hybridized carbons (Fsp3) is 0.200. The van der Waals surface area contributed by atoms with E-state index in [1.54, 1.807) is 30.3 Å². The van der Waals surface area contributed by atoms with Gasteiger partial charge >= 0.3 is 5.97 Å². The third-order valence-electron chi connectivity index (χ3n) is 8.36. The number of nitrogens with zero attached hydrogens (tertiary/aromatic N) is 1. The Labute approximate surface area is 233 Å². The zero-order valence-electron chi connectivity index (χ0n) is 21.2. The number of ether oxygens (including phenoxy) is 1. The van der Waals surface area contributed by atoms with E-state index in [9.17, 15) is 19.2 Å². The number of fused-ring (bicyclic) bond motifs is 5. The molecule has 9 nitrogen and oxygen atoms in total. The molecule has 7 rings (SSSR count). The molecule has 0 aliphatic carbocycles. The van der Waals surface area contributed by atoms with Gasteiger partial charge in [-0.3, -0.25) is 19.7 Å².